The Kier molecular flexibility index (Phi) is 4.92. The highest BCUT2D eigenvalue weighted by molar-refractivity contribution is 5.61. The van der Waals surface area contributed by atoms with Crippen molar-refractivity contribution < 1.29 is 4.74 Å². The zero-order valence-corrected chi connectivity index (χ0v) is 17.6. The van der Waals surface area contributed by atoms with E-state index in [1.807, 2.05) is 16.8 Å². The van der Waals surface area contributed by atoms with Gasteiger partial charge in [0.15, 0.2) is 5.69 Å². The van der Waals surface area contributed by atoms with Gasteiger partial charge in [-0.05, 0) is 38.1 Å². The van der Waals surface area contributed by atoms with Gasteiger partial charge in [0.05, 0.1) is 31.4 Å². The number of nitrogens with one attached hydrogen (secondary N) is 1. The summed E-state index contributed by atoms with van der Waals surface area (Å²) in [7, 11) is 3.92. The maximum atomic E-state index is 8.83. The molecule has 2 saturated heterocycles. The normalized spacial score (nSPS) is 20.5. The van der Waals surface area contributed by atoms with E-state index in [0.717, 1.165) is 30.4 Å². The number of likely N-dealkylation sites (N-methyl/N-ethyl adjacent to an activating group) is 1. The Balaban J connectivity index is 1.34. The van der Waals surface area contributed by atoms with Crippen molar-refractivity contribution in [2.45, 2.75) is 12.5 Å². The molecular weight excluding hydrogens is 392 g/mol. The third-order valence-electron chi connectivity index (χ3n) is 6.24. The molecule has 0 amide bonds. The summed E-state index contributed by atoms with van der Waals surface area (Å²) in [5.74, 6) is 2.70. The second-order valence-electron chi connectivity index (χ2n) is 8.05. The van der Waals surface area contributed by atoms with Crippen molar-refractivity contribution in [3.05, 3.63) is 48.8 Å². The zero-order valence-electron chi connectivity index (χ0n) is 17.6. The van der Waals surface area contributed by atoms with Crippen LogP contribution in [0.5, 0.6) is 5.75 Å². The SMILES string of the molecule is COc1cc(N2C[C@H]3CCN(C)[C@H]3C2)ccc1-n1cnc(Nc2cnc(C#N)cn2)c1. The third-order valence-corrected chi connectivity index (χ3v) is 6.24. The first kappa shape index (κ1) is 19.3. The van der Waals surface area contributed by atoms with Gasteiger partial charge in [0.1, 0.15) is 29.8 Å². The fourth-order valence-electron chi connectivity index (χ4n) is 4.56. The summed E-state index contributed by atoms with van der Waals surface area (Å²) in [6, 6.07) is 8.93. The predicted octanol–water partition coefficient (Wildman–Crippen LogP) is 2.43. The van der Waals surface area contributed by atoms with E-state index in [4.69, 9.17) is 10.00 Å². The van der Waals surface area contributed by atoms with E-state index in [1.54, 1.807) is 13.4 Å². The lowest BCUT2D eigenvalue weighted by Crippen LogP contribution is -2.32. The molecule has 4 heterocycles. The van der Waals surface area contributed by atoms with E-state index in [-0.39, 0.29) is 5.69 Å². The van der Waals surface area contributed by atoms with Gasteiger partial charge >= 0.3 is 0 Å². The molecule has 1 aromatic carbocycles. The first-order valence-electron chi connectivity index (χ1n) is 10.3. The van der Waals surface area contributed by atoms with Crippen LogP contribution in [0.2, 0.25) is 0 Å². The van der Waals surface area contributed by atoms with E-state index in [1.165, 1.54) is 31.0 Å². The largest absolute Gasteiger partial charge is 0.494 e. The topological polar surface area (TPSA) is 95.1 Å². The van der Waals surface area contributed by atoms with Crippen LogP contribution in [0.1, 0.15) is 12.1 Å². The number of nitriles is 1. The molecule has 0 aliphatic carbocycles. The molecule has 0 spiro atoms. The van der Waals surface area contributed by atoms with Gasteiger partial charge in [-0.15, -0.1) is 0 Å². The second kappa shape index (κ2) is 7.89. The minimum absolute atomic E-state index is 0.272. The van der Waals surface area contributed by atoms with Crippen LogP contribution in [-0.4, -0.2) is 64.3 Å². The number of methoxy groups -OCH3 is 1. The van der Waals surface area contributed by atoms with Crippen LogP contribution in [0.3, 0.4) is 0 Å². The number of ether oxygens (including phenoxy) is 1. The van der Waals surface area contributed by atoms with Gasteiger partial charge in [-0.25, -0.2) is 15.0 Å². The number of hydrogen-bond donors (Lipinski definition) is 1. The summed E-state index contributed by atoms with van der Waals surface area (Å²) in [4.78, 5) is 17.5. The average molecular weight is 416 g/mol. The highest BCUT2D eigenvalue weighted by Crippen LogP contribution is 2.36. The number of rotatable bonds is 5. The van der Waals surface area contributed by atoms with Gasteiger partial charge in [-0.2, -0.15) is 5.26 Å². The van der Waals surface area contributed by atoms with Crippen LogP contribution >= 0.6 is 0 Å². The molecule has 0 saturated carbocycles. The molecule has 2 atom stereocenters. The maximum Gasteiger partial charge on any atom is 0.158 e. The number of imidazole rings is 1. The fourth-order valence-corrected chi connectivity index (χ4v) is 4.56. The molecule has 2 aromatic heterocycles. The maximum absolute atomic E-state index is 8.83. The second-order valence-corrected chi connectivity index (χ2v) is 8.05. The number of nitrogens with zero attached hydrogens (tertiary/aromatic N) is 7. The Morgan fingerprint density at radius 1 is 1.16 bits per heavy atom. The first-order valence-corrected chi connectivity index (χ1v) is 10.3. The number of benzene rings is 1. The number of likely N-dealkylation sites (tertiary alicyclic amines) is 1. The summed E-state index contributed by atoms with van der Waals surface area (Å²) < 4.78 is 7.62. The Morgan fingerprint density at radius 3 is 2.81 bits per heavy atom. The lowest BCUT2D eigenvalue weighted by molar-refractivity contribution is 0.310. The minimum atomic E-state index is 0.272. The smallest absolute Gasteiger partial charge is 0.158 e. The lowest BCUT2D eigenvalue weighted by atomic mass is 10.1. The van der Waals surface area contributed by atoms with Gasteiger partial charge in [0.25, 0.3) is 0 Å². The molecule has 2 aliphatic rings. The van der Waals surface area contributed by atoms with E-state index in [2.05, 4.69) is 55.3 Å². The number of anilines is 3. The van der Waals surface area contributed by atoms with Crippen molar-refractivity contribution >= 4 is 17.3 Å². The van der Waals surface area contributed by atoms with Crippen LogP contribution in [0.4, 0.5) is 17.3 Å². The van der Waals surface area contributed by atoms with Crippen LogP contribution in [-0.2, 0) is 0 Å². The Morgan fingerprint density at radius 2 is 2.06 bits per heavy atom. The van der Waals surface area contributed by atoms with E-state index in [9.17, 15) is 0 Å². The molecule has 5 rings (SSSR count). The van der Waals surface area contributed by atoms with Crippen LogP contribution in [0, 0.1) is 17.2 Å². The van der Waals surface area contributed by atoms with Crippen molar-refractivity contribution in [1.82, 2.24) is 24.4 Å². The highest BCUT2D eigenvalue weighted by Gasteiger charge is 2.39. The van der Waals surface area contributed by atoms with Crippen LogP contribution in [0.15, 0.2) is 43.1 Å². The van der Waals surface area contributed by atoms with E-state index < -0.39 is 0 Å². The fraction of sp³-hybridized carbons (Fsp3) is 0.364. The molecule has 31 heavy (non-hydrogen) atoms. The lowest BCUT2D eigenvalue weighted by Gasteiger charge is -2.23. The molecule has 9 heteroatoms. The monoisotopic (exact) mass is 416 g/mol. The zero-order chi connectivity index (χ0) is 21.4. The van der Waals surface area contributed by atoms with E-state index >= 15 is 0 Å². The number of aromatic nitrogens is 4. The number of hydrogen-bond acceptors (Lipinski definition) is 8. The Hall–Kier alpha value is -3.64. The van der Waals surface area contributed by atoms with Crippen molar-refractivity contribution in [1.29, 1.82) is 5.26 Å². The van der Waals surface area contributed by atoms with Crippen molar-refractivity contribution in [2.75, 3.05) is 44.0 Å². The summed E-state index contributed by atoms with van der Waals surface area (Å²) in [6.07, 6.45) is 7.81. The van der Waals surface area contributed by atoms with Gasteiger partial charge < -0.3 is 24.4 Å². The molecule has 0 unspecified atom stereocenters. The van der Waals surface area contributed by atoms with Crippen molar-refractivity contribution in [3.63, 3.8) is 0 Å². The Bertz CT molecular complexity index is 1120. The van der Waals surface area contributed by atoms with Crippen molar-refractivity contribution in [2.24, 2.45) is 5.92 Å². The minimum Gasteiger partial charge on any atom is -0.494 e. The van der Waals surface area contributed by atoms with E-state index in [0.29, 0.717) is 17.7 Å². The Labute approximate surface area is 180 Å². The number of fused-ring (bicyclic) bond motifs is 1. The summed E-state index contributed by atoms with van der Waals surface area (Å²) in [5.41, 5.74) is 2.37. The molecule has 2 fully saturated rings. The molecule has 0 bridgehead atoms. The molecule has 158 valence electrons. The summed E-state index contributed by atoms with van der Waals surface area (Å²) in [6.45, 7) is 3.37. The van der Waals surface area contributed by atoms with Gasteiger partial charge in [-0.1, -0.05) is 0 Å². The first-order chi connectivity index (χ1) is 15.1. The predicted molar refractivity (Wildman–Crippen MR) is 117 cm³/mol. The molecule has 9 nitrogen and oxygen atoms in total. The third kappa shape index (κ3) is 3.66. The quantitative estimate of drug-likeness (QED) is 0.678. The van der Waals surface area contributed by atoms with Crippen molar-refractivity contribution in [3.8, 4) is 17.5 Å². The van der Waals surface area contributed by atoms with Gasteiger partial charge in [-0.3, -0.25) is 0 Å². The molecule has 3 aromatic rings. The van der Waals surface area contributed by atoms with Crippen LogP contribution < -0.4 is 15.0 Å². The average Bonchev–Trinajstić information content (AvgIpc) is 3.52. The molecule has 2 aliphatic heterocycles. The molecule has 1 N–H and O–H groups in total. The summed E-state index contributed by atoms with van der Waals surface area (Å²) in [5, 5.41) is 11.9. The summed E-state index contributed by atoms with van der Waals surface area (Å²) >= 11 is 0. The van der Waals surface area contributed by atoms with Crippen LogP contribution in [0.25, 0.3) is 5.69 Å². The molecular formula is C22H24N8O. The van der Waals surface area contributed by atoms with Gasteiger partial charge in [0, 0.05) is 30.9 Å². The standard InChI is InChI=1S/C22H24N8O/c1-28-6-5-15-11-29(12-19(15)28)17-3-4-18(20(7-17)31-2)30-13-22(26-14-30)27-21-10-24-16(8-23)9-25-21/h3-4,7,9-10,13-15,19H,5-6,11-12H2,1-2H3,(H,25,27)/t15-,19+/m1/s1. The van der Waals surface area contributed by atoms with Gasteiger partial charge in [0.2, 0.25) is 0 Å². The highest BCUT2D eigenvalue weighted by atomic mass is 16.5. The molecule has 0 radical (unpaired) electrons.